The van der Waals surface area contributed by atoms with E-state index in [1.807, 2.05) is 18.4 Å². The number of nitrogen functional groups attached to an aromatic ring is 1. The van der Waals surface area contributed by atoms with Gasteiger partial charge in [-0.3, -0.25) is 0 Å². The predicted octanol–water partition coefficient (Wildman–Crippen LogP) is 3.51. The van der Waals surface area contributed by atoms with Crippen LogP contribution in [0.3, 0.4) is 0 Å². The van der Waals surface area contributed by atoms with E-state index in [-0.39, 0.29) is 17.6 Å². The standard InChI is InChI=1S/C13H10FN3OS/c1-7-2-3-9(14)10(6-7)18-11-8-4-5-19-12(8)17-13(15)16-11/h2-6H,1H3,(H2,15,16,17). The van der Waals surface area contributed by atoms with Gasteiger partial charge in [0.15, 0.2) is 11.6 Å². The van der Waals surface area contributed by atoms with Crippen LogP contribution in [0.15, 0.2) is 29.6 Å². The monoisotopic (exact) mass is 275 g/mol. The molecule has 0 bridgehead atoms. The number of anilines is 1. The molecule has 96 valence electrons. The summed E-state index contributed by atoms with van der Waals surface area (Å²) in [7, 11) is 0. The lowest BCUT2D eigenvalue weighted by Gasteiger charge is -2.08. The van der Waals surface area contributed by atoms with Gasteiger partial charge in [0, 0.05) is 0 Å². The van der Waals surface area contributed by atoms with E-state index < -0.39 is 5.82 Å². The lowest BCUT2D eigenvalue weighted by Crippen LogP contribution is -1.98. The zero-order valence-corrected chi connectivity index (χ0v) is 10.9. The normalized spacial score (nSPS) is 10.8. The third-order valence-electron chi connectivity index (χ3n) is 2.60. The average molecular weight is 275 g/mol. The molecule has 0 saturated carbocycles. The van der Waals surface area contributed by atoms with Crippen molar-refractivity contribution in [3.8, 4) is 11.6 Å². The van der Waals surface area contributed by atoms with E-state index in [4.69, 9.17) is 10.5 Å². The van der Waals surface area contributed by atoms with Gasteiger partial charge in [-0.25, -0.2) is 9.37 Å². The molecule has 2 heterocycles. The average Bonchev–Trinajstić information content (AvgIpc) is 2.82. The molecule has 3 aromatic rings. The molecule has 0 atom stereocenters. The van der Waals surface area contributed by atoms with Gasteiger partial charge in [0.05, 0.1) is 5.39 Å². The summed E-state index contributed by atoms with van der Waals surface area (Å²) in [5.74, 6) is 0.0722. The first-order valence-electron chi connectivity index (χ1n) is 5.58. The summed E-state index contributed by atoms with van der Waals surface area (Å²) in [6.45, 7) is 1.86. The van der Waals surface area contributed by atoms with Crippen LogP contribution in [0, 0.1) is 12.7 Å². The van der Waals surface area contributed by atoms with Crippen LogP contribution in [0.1, 0.15) is 5.56 Å². The lowest BCUT2D eigenvalue weighted by atomic mass is 10.2. The highest BCUT2D eigenvalue weighted by molar-refractivity contribution is 7.16. The predicted molar refractivity (Wildman–Crippen MR) is 73.0 cm³/mol. The number of aromatic nitrogens is 2. The molecule has 0 spiro atoms. The molecule has 1 aromatic carbocycles. The van der Waals surface area contributed by atoms with Crippen LogP contribution in [0.4, 0.5) is 10.3 Å². The second-order valence-corrected chi connectivity index (χ2v) is 4.96. The Bertz CT molecular complexity index is 757. The number of ether oxygens (including phenoxy) is 1. The van der Waals surface area contributed by atoms with Gasteiger partial charge in [-0.1, -0.05) is 6.07 Å². The Balaban J connectivity index is 2.10. The Kier molecular flexibility index (Phi) is 2.79. The highest BCUT2D eigenvalue weighted by Crippen LogP contribution is 2.32. The first kappa shape index (κ1) is 11.9. The highest BCUT2D eigenvalue weighted by atomic mass is 32.1. The second kappa shape index (κ2) is 4.47. The van der Waals surface area contributed by atoms with Crippen molar-refractivity contribution >= 4 is 27.5 Å². The molecular weight excluding hydrogens is 265 g/mol. The molecule has 0 fully saturated rings. The van der Waals surface area contributed by atoms with Crippen LogP contribution >= 0.6 is 11.3 Å². The topological polar surface area (TPSA) is 61.0 Å². The number of fused-ring (bicyclic) bond motifs is 1. The summed E-state index contributed by atoms with van der Waals surface area (Å²) in [4.78, 5) is 8.83. The zero-order valence-electron chi connectivity index (χ0n) is 10.1. The Morgan fingerprint density at radius 2 is 2.11 bits per heavy atom. The maximum absolute atomic E-state index is 13.7. The Hall–Kier alpha value is -2.21. The zero-order chi connectivity index (χ0) is 13.4. The summed E-state index contributed by atoms with van der Waals surface area (Å²) in [5.41, 5.74) is 6.52. The fourth-order valence-electron chi connectivity index (χ4n) is 1.71. The number of nitrogens with two attached hydrogens (primary N) is 1. The van der Waals surface area contributed by atoms with Crippen molar-refractivity contribution < 1.29 is 9.13 Å². The highest BCUT2D eigenvalue weighted by Gasteiger charge is 2.12. The molecule has 0 aliphatic rings. The summed E-state index contributed by atoms with van der Waals surface area (Å²) in [6, 6.07) is 6.48. The molecule has 6 heteroatoms. The van der Waals surface area contributed by atoms with Crippen molar-refractivity contribution in [3.05, 3.63) is 41.0 Å². The second-order valence-electron chi connectivity index (χ2n) is 4.06. The van der Waals surface area contributed by atoms with E-state index in [2.05, 4.69) is 9.97 Å². The molecule has 2 aromatic heterocycles. The number of rotatable bonds is 2. The van der Waals surface area contributed by atoms with Crippen molar-refractivity contribution in [2.24, 2.45) is 0 Å². The Morgan fingerprint density at radius 1 is 1.26 bits per heavy atom. The molecule has 0 aliphatic carbocycles. The Labute approximate surface area is 112 Å². The number of hydrogen-bond acceptors (Lipinski definition) is 5. The van der Waals surface area contributed by atoms with Crippen LogP contribution in [0.2, 0.25) is 0 Å². The minimum Gasteiger partial charge on any atom is -0.435 e. The summed E-state index contributed by atoms with van der Waals surface area (Å²) in [6.07, 6.45) is 0. The number of halogens is 1. The molecule has 0 amide bonds. The number of benzene rings is 1. The molecular formula is C13H10FN3OS. The van der Waals surface area contributed by atoms with Gasteiger partial charge >= 0.3 is 0 Å². The van der Waals surface area contributed by atoms with Crippen LogP contribution in [-0.2, 0) is 0 Å². The minimum absolute atomic E-state index is 0.109. The molecule has 4 nitrogen and oxygen atoms in total. The molecule has 0 radical (unpaired) electrons. The van der Waals surface area contributed by atoms with E-state index >= 15 is 0 Å². The Morgan fingerprint density at radius 3 is 2.95 bits per heavy atom. The van der Waals surface area contributed by atoms with Gasteiger partial charge in [0.2, 0.25) is 11.8 Å². The molecule has 0 saturated heterocycles. The maximum Gasteiger partial charge on any atom is 0.233 e. The fraction of sp³-hybridized carbons (Fsp3) is 0.0769. The van der Waals surface area contributed by atoms with E-state index in [1.54, 1.807) is 12.1 Å². The maximum atomic E-state index is 13.7. The summed E-state index contributed by atoms with van der Waals surface area (Å²) < 4.78 is 19.2. The van der Waals surface area contributed by atoms with E-state index in [1.165, 1.54) is 17.4 Å². The smallest absolute Gasteiger partial charge is 0.233 e. The van der Waals surface area contributed by atoms with Crippen LogP contribution in [0.5, 0.6) is 11.6 Å². The molecule has 0 aliphatic heterocycles. The van der Waals surface area contributed by atoms with E-state index in [0.29, 0.717) is 0 Å². The number of hydrogen-bond donors (Lipinski definition) is 1. The largest absolute Gasteiger partial charge is 0.435 e. The van der Waals surface area contributed by atoms with Gasteiger partial charge in [-0.05, 0) is 36.1 Å². The fourth-order valence-corrected chi connectivity index (χ4v) is 2.48. The molecule has 0 unspecified atom stereocenters. The number of aryl methyl sites for hydroxylation is 1. The first-order valence-corrected chi connectivity index (χ1v) is 6.46. The number of nitrogens with zero attached hydrogens (tertiary/aromatic N) is 2. The van der Waals surface area contributed by atoms with Gasteiger partial charge in [-0.2, -0.15) is 4.98 Å². The van der Waals surface area contributed by atoms with Gasteiger partial charge in [0.25, 0.3) is 0 Å². The van der Waals surface area contributed by atoms with E-state index in [0.717, 1.165) is 15.8 Å². The molecule has 3 rings (SSSR count). The van der Waals surface area contributed by atoms with Gasteiger partial charge in [0.1, 0.15) is 4.83 Å². The third-order valence-corrected chi connectivity index (χ3v) is 3.41. The van der Waals surface area contributed by atoms with Crippen LogP contribution in [-0.4, -0.2) is 9.97 Å². The van der Waals surface area contributed by atoms with Crippen LogP contribution < -0.4 is 10.5 Å². The molecule has 19 heavy (non-hydrogen) atoms. The van der Waals surface area contributed by atoms with E-state index in [9.17, 15) is 4.39 Å². The first-order chi connectivity index (χ1) is 9.13. The van der Waals surface area contributed by atoms with Crippen LogP contribution in [0.25, 0.3) is 10.2 Å². The van der Waals surface area contributed by atoms with Crippen molar-refractivity contribution in [1.29, 1.82) is 0 Å². The van der Waals surface area contributed by atoms with Crippen molar-refractivity contribution in [3.63, 3.8) is 0 Å². The van der Waals surface area contributed by atoms with Gasteiger partial charge < -0.3 is 10.5 Å². The lowest BCUT2D eigenvalue weighted by molar-refractivity contribution is 0.432. The van der Waals surface area contributed by atoms with Crippen molar-refractivity contribution in [1.82, 2.24) is 9.97 Å². The minimum atomic E-state index is -0.439. The molecule has 2 N–H and O–H groups in total. The summed E-state index contributed by atoms with van der Waals surface area (Å²) in [5, 5.41) is 2.58. The van der Waals surface area contributed by atoms with Crippen molar-refractivity contribution in [2.75, 3.05) is 5.73 Å². The quantitative estimate of drug-likeness (QED) is 0.777. The summed E-state index contributed by atoms with van der Waals surface area (Å²) >= 11 is 1.43. The SMILES string of the molecule is Cc1ccc(F)c(Oc2nc(N)nc3sccc23)c1. The van der Waals surface area contributed by atoms with Crippen molar-refractivity contribution in [2.45, 2.75) is 6.92 Å². The van der Waals surface area contributed by atoms with Gasteiger partial charge in [-0.15, -0.1) is 11.3 Å². The number of thiophene rings is 1. The third kappa shape index (κ3) is 2.22.